The van der Waals surface area contributed by atoms with Crippen LogP contribution in [0.15, 0.2) is 53.7 Å². The van der Waals surface area contributed by atoms with Crippen molar-refractivity contribution in [2.45, 2.75) is 17.8 Å². The average molecular weight is 312 g/mol. The van der Waals surface area contributed by atoms with Crippen molar-refractivity contribution in [3.05, 3.63) is 59.7 Å². The highest BCUT2D eigenvalue weighted by atomic mass is 32.2. The second kappa shape index (κ2) is 6.62. The lowest BCUT2D eigenvalue weighted by Gasteiger charge is -2.06. The van der Waals surface area contributed by atoms with Gasteiger partial charge in [0.15, 0.2) is 0 Å². The SMILES string of the molecule is COc1cccc(CSc2nnnn2-c2cccc(C)c2)c1. The topological polar surface area (TPSA) is 52.8 Å². The fraction of sp³-hybridized carbons (Fsp3) is 0.188. The molecule has 0 atom stereocenters. The van der Waals surface area contributed by atoms with Crippen LogP contribution in [-0.4, -0.2) is 27.3 Å². The summed E-state index contributed by atoms with van der Waals surface area (Å²) in [5.74, 6) is 1.64. The number of aryl methyl sites for hydroxylation is 1. The van der Waals surface area contributed by atoms with E-state index < -0.39 is 0 Å². The molecule has 0 N–H and O–H groups in total. The van der Waals surface area contributed by atoms with Gasteiger partial charge in [0.25, 0.3) is 0 Å². The minimum Gasteiger partial charge on any atom is -0.497 e. The Balaban J connectivity index is 1.78. The van der Waals surface area contributed by atoms with E-state index in [4.69, 9.17) is 4.74 Å². The molecule has 1 aromatic heterocycles. The highest BCUT2D eigenvalue weighted by Gasteiger charge is 2.09. The van der Waals surface area contributed by atoms with Gasteiger partial charge < -0.3 is 4.74 Å². The highest BCUT2D eigenvalue weighted by molar-refractivity contribution is 7.98. The first-order valence-electron chi connectivity index (χ1n) is 6.87. The molecule has 3 aromatic rings. The van der Waals surface area contributed by atoms with E-state index in [0.29, 0.717) is 0 Å². The smallest absolute Gasteiger partial charge is 0.214 e. The van der Waals surface area contributed by atoms with Crippen molar-refractivity contribution in [3.8, 4) is 11.4 Å². The van der Waals surface area contributed by atoms with Gasteiger partial charge in [0.1, 0.15) is 5.75 Å². The summed E-state index contributed by atoms with van der Waals surface area (Å²) in [4.78, 5) is 0. The molecule has 0 radical (unpaired) electrons. The van der Waals surface area contributed by atoms with Gasteiger partial charge >= 0.3 is 0 Å². The molecule has 5 nitrogen and oxygen atoms in total. The van der Waals surface area contributed by atoms with Crippen LogP contribution in [0.2, 0.25) is 0 Å². The van der Waals surface area contributed by atoms with E-state index in [2.05, 4.69) is 40.6 Å². The van der Waals surface area contributed by atoms with Gasteiger partial charge in [-0.05, 0) is 52.7 Å². The van der Waals surface area contributed by atoms with Crippen LogP contribution in [0.25, 0.3) is 5.69 Å². The maximum Gasteiger partial charge on any atom is 0.214 e. The monoisotopic (exact) mass is 312 g/mol. The number of thioether (sulfide) groups is 1. The van der Waals surface area contributed by atoms with Gasteiger partial charge in [0.05, 0.1) is 12.8 Å². The van der Waals surface area contributed by atoms with Crippen molar-refractivity contribution < 1.29 is 4.74 Å². The molecule has 0 aliphatic rings. The van der Waals surface area contributed by atoms with E-state index in [1.807, 2.05) is 30.3 Å². The highest BCUT2D eigenvalue weighted by Crippen LogP contribution is 2.24. The molecule has 0 aliphatic heterocycles. The van der Waals surface area contributed by atoms with E-state index in [-0.39, 0.29) is 0 Å². The quantitative estimate of drug-likeness (QED) is 0.677. The number of hydrogen-bond donors (Lipinski definition) is 0. The Morgan fingerprint density at radius 2 is 2.00 bits per heavy atom. The summed E-state index contributed by atoms with van der Waals surface area (Å²) in [5.41, 5.74) is 3.32. The van der Waals surface area contributed by atoms with Crippen molar-refractivity contribution in [2.75, 3.05) is 7.11 Å². The third kappa shape index (κ3) is 3.28. The fourth-order valence-electron chi connectivity index (χ4n) is 2.10. The Hall–Kier alpha value is -2.34. The Labute approximate surface area is 133 Å². The molecular formula is C16H16N4OS. The summed E-state index contributed by atoms with van der Waals surface area (Å²) in [6.07, 6.45) is 0. The summed E-state index contributed by atoms with van der Waals surface area (Å²) in [7, 11) is 1.67. The number of aromatic nitrogens is 4. The van der Waals surface area contributed by atoms with E-state index in [9.17, 15) is 0 Å². The second-order valence-electron chi connectivity index (χ2n) is 4.85. The molecule has 22 heavy (non-hydrogen) atoms. The summed E-state index contributed by atoms with van der Waals surface area (Å²) in [6, 6.07) is 16.1. The molecule has 0 amide bonds. The molecule has 0 spiro atoms. The maximum absolute atomic E-state index is 5.24. The Kier molecular flexibility index (Phi) is 4.39. The number of ether oxygens (including phenoxy) is 1. The summed E-state index contributed by atoms with van der Waals surface area (Å²) < 4.78 is 7.01. The second-order valence-corrected chi connectivity index (χ2v) is 5.79. The van der Waals surface area contributed by atoms with Crippen molar-refractivity contribution in [1.82, 2.24) is 20.2 Å². The summed E-state index contributed by atoms with van der Waals surface area (Å²) in [6.45, 7) is 2.05. The first kappa shape index (κ1) is 14.6. The maximum atomic E-state index is 5.24. The zero-order chi connectivity index (χ0) is 15.4. The molecule has 3 rings (SSSR count). The van der Waals surface area contributed by atoms with E-state index in [1.54, 1.807) is 23.6 Å². The first-order chi connectivity index (χ1) is 10.8. The number of methoxy groups -OCH3 is 1. The largest absolute Gasteiger partial charge is 0.497 e. The fourth-order valence-corrected chi connectivity index (χ4v) is 2.93. The van der Waals surface area contributed by atoms with Crippen LogP contribution >= 0.6 is 11.8 Å². The predicted octanol–water partition coefficient (Wildman–Crippen LogP) is 3.27. The Bertz CT molecular complexity index is 772. The third-order valence-corrected chi connectivity index (χ3v) is 4.18. The van der Waals surface area contributed by atoms with Crippen LogP contribution in [0, 0.1) is 6.92 Å². The van der Waals surface area contributed by atoms with Crippen LogP contribution in [0.4, 0.5) is 0 Å². The van der Waals surface area contributed by atoms with Crippen molar-refractivity contribution in [3.63, 3.8) is 0 Å². The van der Waals surface area contributed by atoms with Crippen molar-refractivity contribution >= 4 is 11.8 Å². The molecule has 0 unspecified atom stereocenters. The van der Waals surface area contributed by atoms with Gasteiger partial charge in [-0.1, -0.05) is 36.0 Å². The van der Waals surface area contributed by atoms with Crippen molar-refractivity contribution in [2.24, 2.45) is 0 Å². The molecule has 0 bridgehead atoms. The third-order valence-electron chi connectivity index (χ3n) is 3.19. The number of nitrogens with zero attached hydrogens (tertiary/aromatic N) is 4. The van der Waals surface area contributed by atoms with Crippen LogP contribution in [0.5, 0.6) is 5.75 Å². The first-order valence-corrected chi connectivity index (χ1v) is 7.86. The van der Waals surface area contributed by atoms with Crippen molar-refractivity contribution in [1.29, 1.82) is 0 Å². The summed E-state index contributed by atoms with van der Waals surface area (Å²) in [5, 5.41) is 12.8. The minimum absolute atomic E-state index is 0.772. The lowest BCUT2D eigenvalue weighted by Crippen LogP contribution is -1.99. The average Bonchev–Trinajstić information content (AvgIpc) is 3.02. The van der Waals surface area contributed by atoms with E-state index in [1.165, 1.54) is 11.1 Å². The van der Waals surface area contributed by atoms with Gasteiger partial charge in [-0.15, -0.1) is 5.10 Å². The minimum atomic E-state index is 0.772. The zero-order valence-electron chi connectivity index (χ0n) is 12.4. The molecule has 2 aromatic carbocycles. The lowest BCUT2D eigenvalue weighted by molar-refractivity contribution is 0.414. The number of rotatable bonds is 5. The standard InChI is InChI=1S/C16H16N4OS/c1-12-5-3-7-14(9-12)20-16(17-18-19-20)22-11-13-6-4-8-15(10-13)21-2/h3-10H,11H2,1-2H3. The zero-order valence-corrected chi connectivity index (χ0v) is 13.2. The molecule has 0 saturated heterocycles. The van der Waals surface area contributed by atoms with Gasteiger partial charge in [0.2, 0.25) is 5.16 Å². The molecule has 0 saturated carbocycles. The molecule has 6 heteroatoms. The van der Waals surface area contributed by atoms with Gasteiger partial charge in [-0.3, -0.25) is 0 Å². The molecule has 0 aliphatic carbocycles. The molecular weight excluding hydrogens is 296 g/mol. The Morgan fingerprint density at radius 1 is 1.14 bits per heavy atom. The number of hydrogen-bond acceptors (Lipinski definition) is 5. The predicted molar refractivity (Wildman–Crippen MR) is 86.4 cm³/mol. The summed E-state index contributed by atoms with van der Waals surface area (Å²) >= 11 is 1.60. The van der Waals surface area contributed by atoms with Gasteiger partial charge in [-0.2, -0.15) is 4.68 Å². The molecule has 112 valence electrons. The number of tetrazole rings is 1. The lowest BCUT2D eigenvalue weighted by atomic mass is 10.2. The van der Waals surface area contributed by atoms with E-state index in [0.717, 1.165) is 22.3 Å². The van der Waals surface area contributed by atoms with Gasteiger partial charge in [0, 0.05) is 5.75 Å². The normalized spacial score (nSPS) is 10.6. The Morgan fingerprint density at radius 3 is 2.82 bits per heavy atom. The number of benzene rings is 2. The van der Waals surface area contributed by atoms with Crippen LogP contribution in [0.3, 0.4) is 0 Å². The molecule has 1 heterocycles. The van der Waals surface area contributed by atoms with Gasteiger partial charge in [-0.25, -0.2) is 0 Å². The van der Waals surface area contributed by atoms with E-state index >= 15 is 0 Å². The molecule has 0 fully saturated rings. The van der Waals surface area contributed by atoms with Crippen LogP contribution in [-0.2, 0) is 5.75 Å². The van der Waals surface area contributed by atoms with Crippen LogP contribution < -0.4 is 4.74 Å². The van der Waals surface area contributed by atoms with Crippen LogP contribution in [0.1, 0.15) is 11.1 Å².